The van der Waals surface area contributed by atoms with Crippen molar-refractivity contribution in [2.75, 3.05) is 19.8 Å². The summed E-state index contributed by atoms with van der Waals surface area (Å²) in [6.45, 7) is 0.144. The number of halogens is 4. The van der Waals surface area contributed by atoms with Gasteiger partial charge in [-0.3, -0.25) is 4.90 Å². The molecule has 0 aliphatic carbocycles. The first-order valence-corrected chi connectivity index (χ1v) is 6.54. The van der Waals surface area contributed by atoms with Crippen LogP contribution in [0.2, 0.25) is 0 Å². The third-order valence-electron chi connectivity index (χ3n) is 3.05. The molecule has 1 aliphatic heterocycles. The summed E-state index contributed by atoms with van der Waals surface area (Å²) in [5.74, 6) is 0. The molecule has 0 bridgehead atoms. The third kappa shape index (κ3) is 3.06. The van der Waals surface area contributed by atoms with Gasteiger partial charge in [0.25, 0.3) is 0 Å². The highest BCUT2D eigenvalue weighted by molar-refractivity contribution is 9.10. The summed E-state index contributed by atoms with van der Waals surface area (Å²) in [5, 5.41) is 9.10. The molecular weight excluding hydrogens is 343 g/mol. The molecule has 1 aromatic rings. The number of ether oxygens (including phenoxy) is 1. The van der Waals surface area contributed by atoms with Crippen LogP contribution in [0.3, 0.4) is 0 Å². The van der Waals surface area contributed by atoms with Gasteiger partial charge in [0.2, 0.25) is 0 Å². The summed E-state index contributed by atoms with van der Waals surface area (Å²) in [5.41, 5.74) is -0.948. The standard InChI is InChI=1S/C12H11BrF3NO3/c13-7-1-2-8(9(5-7)12(14,15)16)10-6-20-4-3-17(10)11(18)19/h1-2,5,10H,3-4,6H2,(H,18,19). The SMILES string of the molecule is O=C(O)N1CCOCC1c1ccc(Br)cc1C(F)(F)F. The van der Waals surface area contributed by atoms with E-state index in [0.717, 1.165) is 11.0 Å². The fourth-order valence-electron chi connectivity index (χ4n) is 2.15. The molecule has 2 rings (SSSR count). The van der Waals surface area contributed by atoms with Crippen LogP contribution in [0.5, 0.6) is 0 Å². The Bertz CT molecular complexity index is 521. The first-order valence-electron chi connectivity index (χ1n) is 5.74. The van der Waals surface area contributed by atoms with Gasteiger partial charge in [-0.2, -0.15) is 13.2 Å². The second-order valence-corrected chi connectivity index (χ2v) is 5.21. The Morgan fingerprint density at radius 3 is 2.75 bits per heavy atom. The lowest BCUT2D eigenvalue weighted by Crippen LogP contribution is -2.43. The zero-order chi connectivity index (χ0) is 14.9. The minimum Gasteiger partial charge on any atom is -0.465 e. The van der Waals surface area contributed by atoms with Crippen LogP contribution >= 0.6 is 15.9 Å². The number of benzene rings is 1. The van der Waals surface area contributed by atoms with E-state index in [1.807, 2.05) is 0 Å². The highest BCUT2D eigenvalue weighted by atomic mass is 79.9. The molecule has 0 saturated carbocycles. The molecule has 1 aliphatic rings. The van der Waals surface area contributed by atoms with E-state index in [9.17, 15) is 18.0 Å². The number of amides is 1. The molecule has 1 atom stereocenters. The molecule has 4 nitrogen and oxygen atoms in total. The topological polar surface area (TPSA) is 49.8 Å². The molecule has 0 aromatic heterocycles. The Balaban J connectivity index is 2.47. The van der Waals surface area contributed by atoms with E-state index >= 15 is 0 Å². The molecule has 1 amide bonds. The van der Waals surface area contributed by atoms with E-state index in [-0.39, 0.29) is 29.8 Å². The Morgan fingerprint density at radius 2 is 2.15 bits per heavy atom. The van der Waals surface area contributed by atoms with Gasteiger partial charge in [-0.25, -0.2) is 4.79 Å². The monoisotopic (exact) mass is 353 g/mol. The van der Waals surface area contributed by atoms with Gasteiger partial charge in [0.15, 0.2) is 0 Å². The first-order chi connectivity index (χ1) is 9.30. The number of hydrogen-bond donors (Lipinski definition) is 1. The number of carbonyl (C=O) groups is 1. The van der Waals surface area contributed by atoms with E-state index in [0.29, 0.717) is 0 Å². The highest BCUT2D eigenvalue weighted by Gasteiger charge is 2.38. The maximum atomic E-state index is 13.1. The number of nitrogens with zero attached hydrogens (tertiary/aromatic N) is 1. The van der Waals surface area contributed by atoms with Gasteiger partial charge >= 0.3 is 12.3 Å². The number of carboxylic acid groups (broad SMARTS) is 1. The van der Waals surface area contributed by atoms with Crippen molar-refractivity contribution < 1.29 is 27.8 Å². The van der Waals surface area contributed by atoms with E-state index < -0.39 is 23.9 Å². The van der Waals surface area contributed by atoms with Gasteiger partial charge in [-0.15, -0.1) is 0 Å². The lowest BCUT2D eigenvalue weighted by atomic mass is 9.98. The van der Waals surface area contributed by atoms with Gasteiger partial charge in [-0.1, -0.05) is 22.0 Å². The highest BCUT2D eigenvalue weighted by Crippen LogP contribution is 2.38. The summed E-state index contributed by atoms with van der Waals surface area (Å²) in [7, 11) is 0. The fraction of sp³-hybridized carbons (Fsp3) is 0.417. The summed E-state index contributed by atoms with van der Waals surface area (Å²) in [6, 6.07) is 2.73. The predicted molar refractivity (Wildman–Crippen MR) is 67.4 cm³/mol. The van der Waals surface area contributed by atoms with Gasteiger partial charge in [0, 0.05) is 11.0 Å². The number of morpholine rings is 1. The lowest BCUT2D eigenvalue weighted by Gasteiger charge is -2.35. The molecule has 20 heavy (non-hydrogen) atoms. The summed E-state index contributed by atoms with van der Waals surface area (Å²) in [4.78, 5) is 12.1. The van der Waals surface area contributed by atoms with Gasteiger partial charge in [0.1, 0.15) is 0 Å². The first kappa shape index (κ1) is 15.1. The van der Waals surface area contributed by atoms with E-state index in [1.54, 1.807) is 0 Å². The van der Waals surface area contributed by atoms with Gasteiger partial charge in [-0.05, 0) is 17.7 Å². The van der Waals surface area contributed by atoms with Crippen LogP contribution in [0.1, 0.15) is 17.2 Å². The molecule has 1 fully saturated rings. The van der Waals surface area contributed by atoms with Crippen LogP contribution < -0.4 is 0 Å². The molecule has 110 valence electrons. The maximum absolute atomic E-state index is 13.1. The van der Waals surface area contributed by atoms with Crippen LogP contribution in [0, 0.1) is 0 Å². The summed E-state index contributed by atoms with van der Waals surface area (Å²) in [6.07, 6.45) is -5.81. The minimum absolute atomic E-state index is 0.0490. The molecule has 8 heteroatoms. The van der Waals surface area contributed by atoms with Crippen molar-refractivity contribution in [2.24, 2.45) is 0 Å². The van der Waals surface area contributed by atoms with Crippen LogP contribution in [-0.2, 0) is 10.9 Å². The van der Waals surface area contributed by atoms with Crippen LogP contribution in [-0.4, -0.2) is 35.9 Å². The Kier molecular flexibility index (Phi) is 4.24. The van der Waals surface area contributed by atoms with Crippen molar-refractivity contribution in [3.63, 3.8) is 0 Å². The average molecular weight is 354 g/mol. The fourth-order valence-corrected chi connectivity index (χ4v) is 2.52. The van der Waals surface area contributed by atoms with Crippen LogP contribution in [0.15, 0.2) is 22.7 Å². The molecule has 0 spiro atoms. The maximum Gasteiger partial charge on any atom is 0.416 e. The van der Waals surface area contributed by atoms with Crippen molar-refractivity contribution in [2.45, 2.75) is 12.2 Å². The van der Waals surface area contributed by atoms with Crippen molar-refractivity contribution in [3.8, 4) is 0 Å². The lowest BCUT2D eigenvalue weighted by molar-refractivity contribution is -0.139. The molecule has 1 heterocycles. The Hall–Kier alpha value is -1.28. The minimum atomic E-state index is -4.55. The number of alkyl halides is 3. The average Bonchev–Trinajstić information content (AvgIpc) is 2.37. The van der Waals surface area contributed by atoms with Crippen molar-refractivity contribution in [1.82, 2.24) is 4.90 Å². The molecule has 1 N–H and O–H groups in total. The second kappa shape index (κ2) is 5.61. The van der Waals surface area contributed by atoms with Crippen molar-refractivity contribution >= 4 is 22.0 Å². The smallest absolute Gasteiger partial charge is 0.416 e. The third-order valence-corrected chi connectivity index (χ3v) is 3.55. The second-order valence-electron chi connectivity index (χ2n) is 4.30. The van der Waals surface area contributed by atoms with Crippen molar-refractivity contribution in [1.29, 1.82) is 0 Å². The van der Waals surface area contributed by atoms with Gasteiger partial charge < -0.3 is 9.84 Å². The quantitative estimate of drug-likeness (QED) is 0.840. The Morgan fingerprint density at radius 1 is 1.45 bits per heavy atom. The molecule has 0 radical (unpaired) electrons. The normalized spacial score (nSPS) is 20.0. The summed E-state index contributed by atoms with van der Waals surface area (Å²) < 4.78 is 44.7. The molecule has 1 aromatic carbocycles. The van der Waals surface area contributed by atoms with E-state index in [4.69, 9.17) is 9.84 Å². The summed E-state index contributed by atoms with van der Waals surface area (Å²) >= 11 is 3.00. The van der Waals surface area contributed by atoms with E-state index in [2.05, 4.69) is 15.9 Å². The zero-order valence-corrected chi connectivity index (χ0v) is 11.7. The number of rotatable bonds is 1. The van der Waals surface area contributed by atoms with Crippen LogP contribution in [0.4, 0.5) is 18.0 Å². The molecular formula is C12H11BrF3NO3. The largest absolute Gasteiger partial charge is 0.465 e. The zero-order valence-electron chi connectivity index (χ0n) is 10.2. The predicted octanol–water partition coefficient (Wildman–Crippen LogP) is 3.52. The Labute approximate surface area is 121 Å². The molecule has 1 saturated heterocycles. The van der Waals surface area contributed by atoms with Gasteiger partial charge in [0.05, 0.1) is 24.8 Å². The number of hydrogen-bond acceptors (Lipinski definition) is 2. The van der Waals surface area contributed by atoms with Crippen LogP contribution in [0.25, 0.3) is 0 Å². The van der Waals surface area contributed by atoms with E-state index in [1.165, 1.54) is 12.1 Å². The van der Waals surface area contributed by atoms with Crippen molar-refractivity contribution in [3.05, 3.63) is 33.8 Å². The molecule has 1 unspecified atom stereocenters.